The number of benzene rings is 1. The lowest BCUT2D eigenvalue weighted by atomic mass is 10.2. The lowest BCUT2D eigenvalue weighted by Crippen LogP contribution is -2.18. The van der Waals surface area contributed by atoms with Gasteiger partial charge >= 0.3 is 6.18 Å². The molecule has 2 aromatic rings. The van der Waals surface area contributed by atoms with Crippen LogP contribution in [-0.2, 0) is 12.7 Å². The van der Waals surface area contributed by atoms with Crippen LogP contribution < -0.4 is 10.1 Å². The molecule has 124 valence electrons. The Morgan fingerprint density at radius 3 is 2.65 bits per heavy atom. The first-order chi connectivity index (χ1) is 10.8. The summed E-state index contributed by atoms with van der Waals surface area (Å²) in [5, 5.41) is 5.87. The number of aromatic nitrogens is 2. The maximum atomic E-state index is 13.0. The van der Waals surface area contributed by atoms with Crippen molar-refractivity contribution in [2.24, 2.45) is 0 Å². The van der Waals surface area contributed by atoms with Crippen molar-refractivity contribution < 1.29 is 22.7 Å². The third-order valence-electron chi connectivity index (χ3n) is 3.20. The molecule has 0 fully saturated rings. The van der Waals surface area contributed by atoms with Crippen molar-refractivity contribution in [2.45, 2.75) is 26.6 Å². The third kappa shape index (κ3) is 3.64. The number of alkyl halides is 3. The van der Waals surface area contributed by atoms with Gasteiger partial charge in [-0.3, -0.25) is 9.48 Å². The van der Waals surface area contributed by atoms with Crippen molar-refractivity contribution in [1.29, 1.82) is 0 Å². The predicted molar refractivity (Wildman–Crippen MR) is 78.6 cm³/mol. The number of nitrogens with zero attached hydrogens (tertiary/aromatic N) is 2. The Balaban J connectivity index is 2.38. The maximum Gasteiger partial charge on any atom is 0.435 e. The van der Waals surface area contributed by atoms with E-state index >= 15 is 0 Å². The smallest absolute Gasteiger partial charge is 0.435 e. The molecular weight excluding hydrogens is 311 g/mol. The van der Waals surface area contributed by atoms with Gasteiger partial charge in [-0.1, -0.05) is 6.07 Å². The van der Waals surface area contributed by atoms with E-state index in [1.807, 2.05) is 0 Å². The second-order valence-electron chi connectivity index (χ2n) is 4.90. The lowest BCUT2D eigenvalue weighted by molar-refractivity contribution is -0.141. The van der Waals surface area contributed by atoms with Gasteiger partial charge in [-0.2, -0.15) is 18.3 Å². The monoisotopic (exact) mass is 327 g/mol. The first kappa shape index (κ1) is 16.9. The Morgan fingerprint density at radius 1 is 1.39 bits per heavy atom. The van der Waals surface area contributed by atoms with Gasteiger partial charge in [0.25, 0.3) is 5.91 Å². The number of nitrogens with one attached hydrogen (secondary N) is 1. The number of hydrogen-bond acceptors (Lipinski definition) is 3. The Morgan fingerprint density at radius 2 is 2.09 bits per heavy atom. The number of amides is 1. The number of ether oxygens (including phenoxy) is 1. The SMILES string of the molecule is CCn1cc(C(=O)Nc2cc(C)ccc2OC)c(C(F)(F)F)n1. The summed E-state index contributed by atoms with van der Waals surface area (Å²) in [6, 6.07) is 5.02. The maximum absolute atomic E-state index is 13.0. The quantitative estimate of drug-likeness (QED) is 0.935. The van der Waals surface area contributed by atoms with Crippen LogP contribution in [0.25, 0.3) is 0 Å². The van der Waals surface area contributed by atoms with Gasteiger partial charge in [0, 0.05) is 12.7 Å². The Kier molecular flexibility index (Phi) is 4.63. The molecule has 8 heteroatoms. The van der Waals surface area contributed by atoms with Crippen molar-refractivity contribution in [2.75, 3.05) is 12.4 Å². The highest BCUT2D eigenvalue weighted by molar-refractivity contribution is 6.05. The molecule has 0 atom stereocenters. The first-order valence-electron chi connectivity index (χ1n) is 6.87. The van der Waals surface area contributed by atoms with Gasteiger partial charge in [-0.05, 0) is 31.5 Å². The Hall–Kier alpha value is -2.51. The van der Waals surface area contributed by atoms with Crippen LogP contribution >= 0.6 is 0 Å². The molecule has 0 unspecified atom stereocenters. The molecule has 23 heavy (non-hydrogen) atoms. The number of methoxy groups -OCH3 is 1. The zero-order valence-electron chi connectivity index (χ0n) is 12.9. The molecule has 0 spiro atoms. The largest absolute Gasteiger partial charge is 0.495 e. The van der Waals surface area contributed by atoms with E-state index in [1.54, 1.807) is 32.0 Å². The number of carbonyl (C=O) groups is 1. The van der Waals surface area contributed by atoms with Crippen molar-refractivity contribution in [1.82, 2.24) is 9.78 Å². The minimum Gasteiger partial charge on any atom is -0.495 e. The van der Waals surface area contributed by atoms with E-state index in [9.17, 15) is 18.0 Å². The molecule has 0 saturated heterocycles. The highest BCUT2D eigenvalue weighted by atomic mass is 19.4. The molecule has 0 aliphatic rings. The van der Waals surface area contributed by atoms with Crippen LogP contribution in [0.2, 0.25) is 0 Å². The van der Waals surface area contributed by atoms with E-state index in [-0.39, 0.29) is 6.54 Å². The summed E-state index contributed by atoms with van der Waals surface area (Å²) in [6.07, 6.45) is -3.62. The fraction of sp³-hybridized carbons (Fsp3) is 0.333. The number of halogens is 3. The average molecular weight is 327 g/mol. The van der Waals surface area contributed by atoms with E-state index in [0.717, 1.165) is 16.4 Å². The van der Waals surface area contributed by atoms with E-state index in [2.05, 4.69) is 10.4 Å². The Bertz CT molecular complexity index is 723. The molecule has 0 aliphatic carbocycles. The lowest BCUT2D eigenvalue weighted by Gasteiger charge is -2.11. The van der Waals surface area contributed by atoms with Crippen LogP contribution in [0.3, 0.4) is 0 Å². The normalized spacial score (nSPS) is 11.4. The number of rotatable bonds is 4. The first-order valence-corrected chi connectivity index (χ1v) is 6.87. The van der Waals surface area contributed by atoms with Gasteiger partial charge in [0.2, 0.25) is 0 Å². The van der Waals surface area contributed by atoms with Gasteiger partial charge < -0.3 is 10.1 Å². The second kappa shape index (κ2) is 6.31. The van der Waals surface area contributed by atoms with Crippen molar-refractivity contribution in [3.8, 4) is 5.75 Å². The van der Waals surface area contributed by atoms with Gasteiger partial charge in [0.15, 0.2) is 5.69 Å². The third-order valence-corrected chi connectivity index (χ3v) is 3.20. The highest BCUT2D eigenvalue weighted by Gasteiger charge is 2.39. The summed E-state index contributed by atoms with van der Waals surface area (Å²) < 4.78 is 45.3. The molecule has 0 radical (unpaired) electrons. The topological polar surface area (TPSA) is 56.2 Å². The fourth-order valence-electron chi connectivity index (χ4n) is 2.07. The van der Waals surface area contributed by atoms with Gasteiger partial charge in [0.1, 0.15) is 5.75 Å². The van der Waals surface area contributed by atoms with Crippen molar-refractivity contribution in [3.63, 3.8) is 0 Å². The van der Waals surface area contributed by atoms with Crippen LogP contribution in [0, 0.1) is 6.92 Å². The molecule has 2 rings (SSSR count). The second-order valence-corrected chi connectivity index (χ2v) is 4.90. The molecule has 0 aliphatic heterocycles. The van der Waals surface area contributed by atoms with E-state index < -0.39 is 23.3 Å². The molecule has 0 bridgehead atoms. The predicted octanol–water partition coefficient (Wildman–Crippen LogP) is 3.49. The zero-order chi connectivity index (χ0) is 17.2. The Labute approximate surface area is 131 Å². The molecule has 1 aromatic heterocycles. The number of aryl methyl sites for hydroxylation is 2. The summed E-state index contributed by atoms with van der Waals surface area (Å²) in [7, 11) is 1.41. The average Bonchev–Trinajstić information content (AvgIpc) is 2.92. The molecular formula is C15H16F3N3O2. The number of hydrogen-bond donors (Lipinski definition) is 1. The van der Waals surface area contributed by atoms with Crippen LogP contribution in [0.4, 0.5) is 18.9 Å². The molecule has 1 amide bonds. The molecule has 5 nitrogen and oxygen atoms in total. The van der Waals surface area contributed by atoms with Crippen molar-refractivity contribution in [3.05, 3.63) is 41.2 Å². The van der Waals surface area contributed by atoms with Crippen LogP contribution in [0.5, 0.6) is 5.75 Å². The molecule has 1 N–H and O–H groups in total. The summed E-state index contributed by atoms with van der Waals surface area (Å²) >= 11 is 0. The molecule has 1 heterocycles. The van der Waals surface area contributed by atoms with Crippen LogP contribution in [-0.4, -0.2) is 22.8 Å². The number of carbonyl (C=O) groups excluding carboxylic acids is 1. The standard InChI is InChI=1S/C15H16F3N3O2/c1-4-21-8-10(13(20-21)15(16,17)18)14(22)19-11-7-9(2)5-6-12(11)23-3/h5-8H,4H2,1-3H3,(H,19,22). The fourth-order valence-corrected chi connectivity index (χ4v) is 2.07. The van der Waals surface area contributed by atoms with E-state index in [4.69, 9.17) is 4.74 Å². The minimum atomic E-state index is -4.70. The summed E-state index contributed by atoms with van der Waals surface area (Å²) in [6.45, 7) is 3.66. The van der Waals surface area contributed by atoms with E-state index in [0.29, 0.717) is 11.4 Å². The molecule has 1 aromatic carbocycles. The summed E-state index contributed by atoms with van der Waals surface area (Å²) in [5.41, 5.74) is -0.595. The van der Waals surface area contributed by atoms with Crippen LogP contribution in [0.15, 0.2) is 24.4 Å². The highest BCUT2D eigenvalue weighted by Crippen LogP contribution is 2.32. The van der Waals surface area contributed by atoms with E-state index in [1.165, 1.54) is 7.11 Å². The van der Waals surface area contributed by atoms with Gasteiger partial charge in [-0.25, -0.2) is 0 Å². The van der Waals surface area contributed by atoms with Gasteiger partial charge in [0.05, 0.1) is 18.4 Å². The van der Waals surface area contributed by atoms with Crippen LogP contribution in [0.1, 0.15) is 28.5 Å². The summed E-state index contributed by atoms with van der Waals surface area (Å²) in [4.78, 5) is 12.3. The minimum absolute atomic E-state index is 0.226. The molecule has 0 saturated carbocycles. The summed E-state index contributed by atoms with van der Waals surface area (Å²) in [5.74, 6) is -0.527. The number of anilines is 1. The van der Waals surface area contributed by atoms with Crippen molar-refractivity contribution >= 4 is 11.6 Å². The zero-order valence-corrected chi connectivity index (χ0v) is 12.9. The van der Waals surface area contributed by atoms with Gasteiger partial charge in [-0.15, -0.1) is 0 Å².